The van der Waals surface area contributed by atoms with Crippen molar-refractivity contribution in [3.8, 4) is 0 Å². The van der Waals surface area contributed by atoms with Crippen molar-refractivity contribution in [3.05, 3.63) is 0 Å². The lowest BCUT2D eigenvalue weighted by Crippen LogP contribution is -2.44. The normalized spacial score (nSPS) is 28.3. The Kier molecular flexibility index (Phi) is 3.26. The Morgan fingerprint density at radius 3 is 2.67 bits per heavy atom. The van der Waals surface area contributed by atoms with Crippen LogP contribution in [0.15, 0.2) is 0 Å². The predicted octanol–water partition coefficient (Wildman–Crippen LogP) is 1.10. The summed E-state index contributed by atoms with van der Waals surface area (Å²) in [5.41, 5.74) is 0. The molecule has 2 fully saturated rings. The molecule has 1 heterocycles. The number of hydrogen-bond acceptors (Lipinski definition) is 3. The van der Waals surface area contributed by atoms with Crippen LogP contribution in [0.2, 0.25) is 0 Å². The molecule has 0 aromatic carbocycles. The highest BCUT2D eigenvalue weighted by Crippen LogP contribution is 2.33. The number of ether oxygens (including phenoxy) is 1. The fourth-order valence-corrected chi connectivity index (χ4v) is 2.51. The van der Waals surface area contributed by atoms with Crippen LogP contribution in [0.4, 0.5) is 0 Å². The number of carboxylic acids is 1. The Morgan fingerprint density at radius 2 is 2.20 bits per heavy atom. The zero-order valence-corrected chi connectivity index (χ0v) is 9.19. The highest BCUT2D eigenvalue weighted by atomic mass is 16.5. The van der Waals surface area contributed by atoms with Gasteiger partial charge in [0.1, 0.15) is 0 Å². The molecule has 1 saturated heterocycles. The molecule has 0 radical (unpaired) electrons. The molecule has 0 aromatic rings. The van der Waals surface area contributed by atoms with Crippen LogP contribution in [0.3, 0.4) is 0 Å². The van der Waals surface area contributed by atoms with Crippen LogP contribution in [-0.4, -0.2) is 47.3 Å². The van der Waals surface area contributed by atoms with Crippen molar-refractivity contribution in [1.82, 2.24) is 4.90 Å². The molecule has 1 aliphatic heterocycles. The first-order chi connectivity index (χ1) is 7.18. The van der Waals surface area contributed by atoms with Gasteiger partial charge < -0.3 is 9.84 Å². The lowest BCUT2D eigenvalue weighted by Gasteiger charge is -2.33. The average Bonchev–Trinajstić information content (AvgIpc) is 2.80. The molecule has 2 unspecified atom stereocenters. The zero-order valence-electron chi connectivity index (χ0n) is 9.19. The van der Waals surface area contributed by atoms with Gasteiger partial charge in [0.05, 0.1) is 13.0 Å². The number of carboxylic acid groups (broad SMARTS) is 1. The van der Waals surface area contributed by atoms with Gasteiger partial charge in [0.15, 0.2) is 0 Å². The molecule has 86 valence electrons. The van der Waals surface area contributed by atoms with Gasteiger partial charge in [-0.15, -0.1) is 0 Å². The third-order valence-electron chi connectivity index (χ3n) is 3.27. The Balaban J connectivity index is 1.95. The summed E-state index contributed by atoms with van der Waals surface area (Å²) in [4.78, 5) is 13.1. The number of nitrogens with zero attached hydrogens (tertiary/aromatic N) is 1. The molecular formula is C11H19NO3. The number of rotatable bonds is 5. The van der Waals surface area contributed by atoms with Crippen LogP contribution < -0.4 is 0 Å². The third kappa shape index (κ3) is 2.69. The SMILES string of the molecule is CC(CC(=O)O)N(C1CC1)C1CCOC1. The van der Waals surface area contributed by atoms with E-state index in [4.69, 9.17) is 9.84 Å². The second-order valence-corrected chi connectivity index (χ2v) is 4.64. The number of carbonyl (C=O) groups is 1. The summed E-state index contributed by atoms with van der Waals surface area (Å²) in [6.45, 7) is 3.62. The van der Waals surface area contributed by atoms with E-state index in [1.54, 1.807) is 0 Å². The minimum Gasteiger partial charge on any atom is -0.481 e. The Bertz CT molecular complexity index is 234. The third-order valence-corrected chi connectivity index (χ3v) is 3.27. The van der Waals surface area contributed by atoms with E-state index >= 15 is 0 Å². The summed E-state index contributed by atoms with van der Waals surface area (Å²) in [6.07, 6.45) is 3.74. The van der Waals surface area contributed by atoms with E-state index in [9.17, 15) is 4.79 Å². The minimum absolute atomic E-state index is 0.140. The summed E-state index contributed by atoms with van der Waals surface area (Å²) < 4.78 is 5.38. The number of aliphatic carboxylic acids is 1. The molecule has 0 aromatic heterocycles. The quantitative estimate of drug-likeness (QED) is 0.743. The Morgan fingerprint density at radius 1 is 1.47 bits per heavy atom. The molecule has 4 heteroatoms. The lowest BCUT2D eigenvalue weighted by atomic mass is 10.1. The van der Waals surface area contributed by atoms with E-state index in [0.717, 1.165) is 19.6 Å². The Hall–Kier alpha value is -0.610. The van der Waals surface area contributed by atoms with E-state index in [0.29, 0.717) is 12.1 Å². The van der Waals surface area contributed by atoms with E-state index in [2.05, 4.69) is 4.90 Å². The molecule has 0 bridgehead atoms. The fraction of sp³-hybridized carbons (Fsp3) is 0.909. The van der Waals surface area contributed by atoms with Crippen LogP contribution in [-0.2, 0) is 9.53 Å². The van der Waals surface area contributed by atoms with Crippen molar-refractivity contribution in [2.75, 3.05) is 13.2 Å². The molecular weight excluding hydrogens is 194 g/mol. The van der Waals surface area contributed by atoms with Crippen molar-refractivity contribution in [3.63, 3.8) is 0 Å². The average molecular weight is 213 g/mol. The van der Waals surface area contributed by atoms with Crippen molar-refractivity contribution in [2.24, 2.45) is 0 Å². The van der Waals surface area contributed by atoms with Crippen molar-refractivity contribution in [2.45, 2.75) is 50.7 Å². The maximum absolute atomic E-state index is 10.7. The molecule has 2 atom stereocenters. The minimum atomic E-state index is -0.702. The lowest BCUT2D eigenvalue weighted by molar-refractivity contribution is -0.138. The largest absolute Gasteiger partial charge is 0.481 e. The molecule has 4 nitrogen and oxygen atoms in total. The van der Waals surface area contributed by atoms with Crippen molar-refractivity contribution in [1.29, 1.82) is 0 Å². The molecule has 2 rings (SSSR count). The standard InChI is InChI=1S/C11H19NO3/c1-8(6-11(13)14)12(9-2-3-9)10-4-5-15-7-10/h8-10H,2-7H2,1H3,(H,13,14). The fourth-order valence-electron chi connectivity index (χ4n) is 2.51. The summed E-state index contributed by atoms with van der Waals surface area (Å²) in [5.74, 6) is -0.702. The zero-order chi connectivity index (χ0) is 10.8. The topological polar surface area (TPSA) is 49.8 Å². The van der Waals surface area contributed by atoms with Gasteiger partial charge in [0.25, 0.3) is 0 Å². The highest BCUT2D eigenvalue weighted by molar-refractivity contribution is 5.67. The molecule has 2 aliphatic rings. The van der Waals surface area contributed by atoms with Gasteiger partial charge in [0.2, 0.25) is 0 Å². The highest BCUT2D eigenvalue weighted by Gasteiger charge is 2.38. The molecule has 0 amide bonds. The van der Waals surface area contributed by atoms with E-state index < -0.39 is 5.97 Å². The van der Waals surface area contributed by atoms with E-state index in [-0.39, 0.29) is 12.5 Å². The van der Waals surface area contributed by atoms with Gasteiger partial charge in [0, 0.05) is 24.7 Å². The van der Waals surface area contributed by atoms with Gasteiger partial charge in [-0.05, 0) is 26.2 Å². The second kappa shape index (κ2) is 4.49. The van der Waals surface area contributed by atoms with Gasteiger partial charge in [-0.2, -0.15) is 0 Å². The summed E-state index contributed by atoms with van der Waals surface area (Å²) >= 11 is 0. The van der Waals surface area contributed by atoms with Crippen molar-refractivity contribution < 1.29 is 14.6 Å². The first kappa shape index (κ1) is 10.9. The van der Waals surface area contributed by atoms with Crippen LogP contribution in [0.5, 0.6) is 0 Å². The smallest absolute Gasteiger partial charge is 0.304 e. The van der Waals surface area contributed by atoms with Crippen LogP contribution in [0.25, 0.3) is 0 Å². The van der Waals surface area contributed by atoms with Gasteiger partial charge in [-0.25, -0.2) is 0 Å². The summed E-state index contributed by atoms with van der Waals surface area (Å²) in [7, 11) is 0. The molecule has 0 spiro atoms. The van der Waals surface area contributed by atoms with E-state index in [1.165, 1.54) is 12.8 Å². The number of hydrogen-bond donors (Lipinski definition) is 1. The molecule has 15 heavy (non-hydrogen) atoms. The Labute approximate surface area is 90.2 Å². The van der Waals surface area contributed by atoms with Crippen molar-refractivity contribution >= 4 is 5.97 Å². The maximum atomic E-state index is 10.7. The summed E-state index contributed by atoms with van der Waals surface area (Å²) in [6, 6.07) is 1.21. The van der Waals surface area contributed by atoms with E-state index in [1.807, 2.05) is 6.92 Å². The monoisotopic (exact) mass is 213 g/mol. The van der Waals surface area contributed by atoms with Crippen LogP contribution >= 0.6 is 0 Å². The molecule has 1 aliphatic carbocycles. The van der Waals surface area contributed by atoms with Gasteiger partial charge in [-0.1, -0.05) is 0 Å². The first-order valence-corrected chi connectivity index (χ1v) is 5.75. The second-order valence-electron chi connectivity index (χ2n) is 4.64. The molecule has 1 N–H and O–H groups in total. The van der Waals surface area contributed by atoms with Gasteiger partial charge >= 0.3 is 5.97 Å². The first-order valence-electron chi connectivity index (χ1n) is 5.75. The maximum Gasteiger partial charge on any atom is 0.304 e. The van der Waals surface area contributed by atoms with Crippen LogP contribution in [0, 0.1) is 0 Å². The predicted molar refractivity (Wildman–Crippen MR) is 55.8 cm³/mol. The van der Waals surface area contributed by atoms with Crippen LogP contribution in [0.1, 0.15) is 32.6 Å². The van der Waals surface area contributed by atoms with Gasteiger partial charge in [-0.3, -0.25) is 9.69 Å². The molecule has 1 saturated carbocycles. The summed E-state index contributed by atoms with van der Waals surface area (Å²) in [5, 5.41) is 8.82.